The van der Waals surface area contributed by atoms with E-state index in [1.54, 1.807) is 0 Å². The molecule has 0 heterocycles. The minimum atomic E-state index is 0. The molecule has 0 saturated heterocycles. The van der Waals surface area contributed by atoms with Crippen LogP contribution in [0.15, 0.2) is 0 Å². The molecule has 2 aromatic carbocycles. The molecule has 0 fully saturated rings. The zero-order valence-corrected chi connectivity index (χ0v) is 17.9. The van der Waals surface area contributed by atoms with Crippen LogP contribution in [-0.2, 0) is 0 Å². The maximum absolute atomic E-state index is 2.20. The molecule has 0 bridgehead atoms. The molecule has 0 saturated carbocycles. The molecule has 0 aromatic heterocycles. The van der Waals surface area contributed by atoms with Crippen LogP contribution < -0.4 is 0 Å². The fourth-order valence-corrected chi connectivity index (χ4v) is 2.81. The van der Waals surface area contributed by atoms with Crippen molar-refractivity contribution in [3.63, 3.8) is 0 Å². The summed E-state index contributed by atoms with van der Waals surface area (Å²) in [5.74, 6) is 0. The van der Waals surface area contributed by atoms with E-state index < -0.39 is 0 Å². The Kier molecular flexibility index (Phi) is 7.98. The first-order valence-corrected chi connectivity index (χ1v) is 7.50. The molecule has 0 unspecified atom stereocenters. The third-order valence-electron chi connectivity index (χ3n) is 5.62. The summed E-state index contributed by atoms with van der Waals surface area (Å²) in [5.41, 5.74) is 14.7. The Bertz CT molecular complexity index is 404. The van der Waals surface area contributed by atoms with Crippen LogP contribution >= 0.6 is 0 Å². The molecule has 0 nitrogen and oxygen atoms in total. The average molecular weight is 311 g/mol. The minimum absolute atomic E-state index is 0. The van der Waals surface area contributed by atoms with Crippen molar-refractivity contribution in [2.45, 2.75) is 69.2 Å². The molecule has 2 aromatic rings. The summed E-state index contributed by atoms with van der Waals surface area (Å²) in [5, 5.41) is 0. The average Bonchev–Trinajstić information content (AvgIpc) is 2.71. The van der Waals surface area contributed by atoms with Crippen LogP contribution in [-0.4, -0.2) is 37.7 Å². The Hall–Kier alpha value is -0.0403. The van der Waals surface area contributed by atoms with Gasteiger partial charge in [-0.1, -0.05) is 69.2 Å². The van der Waals surface area contributed by atoms with Gasteiger partial charge in [0.25, 0.3) is 0 Å². The second-order valence-corrected chi connectivity index (χ2v) is 6.25. The second kappa shape index (κ2) is 7.99. The minimum Gasteiger partial charge on any atom is -0.196 e. The van der Waals surface area contributed by atoms with Crippen LogP contribution in [0.25, 0.3) is 0 Å². The molecule has 0 aliphatic carbocycles. The zero-order valence-electron chi connectivity index (χ0n) is 15.7. The monoisotopic (exact) mass is 310 g/mol. The van der Waals surface area contributed by atoms with E-state index in [9.17, 15) is 0 Å². The molecular formula is C20H30Ca. The molecule has 0 aliphatic heterocycles. The van der Waals surface area contributed by atoms with Crippen LogP contribution in [0.1, 0.15) is 55.6 Å². The third kappa shape index (κ3) is 4.03. The standard InChI is InChI=1S/2C10H15.Ca/c2*1-6-7(2)9(4)10(5)8(6)3;/h2*1-5H3;/q2*-1;+2. The molecular weight excluding hydrogens is 280 g/mol. The summed E-state index contributed by atoms with van der Waals surface area (Å²) in [6.07, 6.45) is 0. The summed E-state index contributed by atoms with van der Waals surface area (Å²) in [6.45, 7) is 22.0. The van der Waals surface area contributed by atoms with Crippen LogP contribution in [0, 0.1) is 69.2 Å². The van der Waals surface area contributed by atoms with Crippen molar-refractivity contribution < 1.29 is 0 Å². The summed E-state index contributed by atoms with van der Waals surface area (Å²) in [7, 11) is 0. The van der Waals surface area contributed by atoms with Crippen molar-refractivity contribution in [3.8, 4) is 0 Å². The van der Waals surface area contributed by atoms with Crippen molar-refractivity contribution in [1.29, 1.82) is 0 Å². The zero-order chi connectivity index (χ0) is 15.8. The van der Waals surface area contributed by atoms with Gasteiger partial charge in [-0.3, -0.25) is 0 Å². The van der Waals surface area contributed by atoms with Crippen molar-refractivity contribution >= 4 is 37.7 Å². The van der Waals surface area contributed by atoms with Gasteiger partial charge in [-0.05, 0) is 0 Å². The molecule has 0 amide bonds. The maximum Gasteiger partial charge on any atom is 2.00 e. The van der Waals surface area contributed by atoms with Gasteiger partial charge in [-0.15, -0.1) is 0 Å². The van der Waals surface area contributed by atoms with E-state index in [0.717, 1.165) is 0 Å². The van der Waals surface area contributed by atoms with Gasteiger partial charge in [0, 0.05) is 0 Å². The fraction of sp³-hybridized carbons (Fsp3) is 0.500. The fourth-order valence-electron chi connectivity index (χ4n) is 2.81. The topological polar surface area (TPSA) is 0 Å². The molecule has 2 rings (SSSR count). The largest absolute Gasteiger partial charge is 2.00 e. The molecule has 1 heteroatoms. The first-order chi connectivity index (χ1) is 9.11. The Morgan fingerprint density at radius 1 is 0.429 bits per heavy atom. The van der Waals surface area contributed by atoms with Crippen molar-refractivity contribution in [3.05, 3.63) is 55.6 Å². The molecule has 21 heavy (non-hydrogen) atoms. The quantitative estimate of drug-likeness (QED) is 0.444. The first kappa shape index (κ1) is 21.0. The molecule has 112 valence electrons. The number of hydrogen-bond donors (Lipinski definition) is 0. The molecule has 0 N–H and O–H groups in total. The van der Waals surface area contributed by atoms with Crippen LogP contribution in [0.4, 0.5) is 0 Å². The van der Waals surface area contributed by atoms with Gasteiger partial charge in [-0.25, -0.2) is 0 Å². The van der Waals surface area contributed by atoms with E-state index in [0.29, 0.717) is 0 Å². The van der Waals surface area contributed by atoms with Gasteiger partial charge in [-0.2, -0.15) is 55.6 Å². The number of hydrogen-bond acceptors (Lipinski definition) is 0. The Morgan fingerprint density at radius 2 is 0.571 bits per heavy atom. The molecule has 0 aliphatic rings. The van der Waals surface area contributed by atoms with Crippen molar-refractivity contribution in [1.82, 2.24) is 0 Å². The maximum atomic E-state index is 2.20. The third-order valence-corrected chi connectivity index (χ3v) is 5.62. The van der Waals surface area contributed by atoms with E-state index in [-0.39, 0.29) is 37.7 Å². The first-order valence-electron chi connectivity index (χ1n) is 7.50. The molecule has 0 atom stereocenters. The van der Waals surface area contributed by atoms with Gasteiger partial charge >= 0.3 is 37.7 Å². The number of rotatable bonds is 0. The Morgan fingerprint density at radius 3 is 0.619 bits per heavy atom. The molecule has 0 radical (unpaired) electrons. The van der Waals surface area contributed by atoms with Gasteiger partial charge in [0.1, 0.15) is 0 Å². The molecule has 0 spiro atoms. The van der Waals surface area contributed by atoms with Gasteiger partial charge < -0.3 is 0 Å². The van der Waals surface area contributed by atoms with Gasteiger partial charge in [0.15, 0.2) is 0 Å². The SMILES string of the molecule is Cc1c(C)c(C)[c-](C)c1C.Cc1c(C)c(C)[c-](C)c1C.[Ca+2]. The summed E-state index contributed by atoms with van der Waals surface area (Å²) < 4.78 is 0. The van der Waals surface area contributed by atoms with E-state index in [1.807, 2.05) is 0 Å². The van der Waals surface area contributed by atoms with Gasteiger partial charge in [0.05, 0.1) is 0 Å². The smallest absolute Gasteiger partial charge is 0.196 e. The van der Waals surface area contributed by atoms with E-state index in [1.165, 1.54) is 55.6 Å². The van der Waals surface area contributed by atoms with Crippen LogP contribution in [0.3, 0.4) is 0 Å². The van der Waals surface area contributed by atoms with E-state index >= 15 is 0 Å². The Balaban J connectivity index is 0.000000364. The Labute approximate surface area is 161 Å². The van der Waals surface area contributed by atoms with Crippen molar-refractivity contribution in [2.24, 2.45) is 0 Å². The predicted octanol–water partition coefficient (Wildman–Crippen LogP) is 5.51. The van der Waals surface area contributed by atoms with Crippen LogP contribution in [0.2, 0.25) is 0 Å². The second-order valence-electron chi connectivity index (χ2n) is 6.25. The van der Waals surface area contributed by atoms with E-state index in [4.69, 9.17) is 0 Å². The predicted molar refractivity (Wildman–Crippen MR) is 97.2 cm³/mol. The van der Waals surface area contributed by atoms with Crippen molar-refractivity contribution in [2.75, 3.05) is 0 Å². The summed E-state index contributed by atoms with van der Waals surface area (Å²) in [6, 6.07) is 0. The van der Waals surface area contributed by atoms with E-state index in [2.05, 4.69) is 69.2 Å². The van der Waals surface area contributed by atoms with Gasteiger partial charge in [0.2, 0.25) is 0 Å². The van der Waals surface area contributed by atoms with Crippen LogP contribution in [0.5, 0.6) is 0 Å². The summed E-state index contributed by atoms with van der Waals surface area (Å²) in [4.78, 5) is 0. The normalized spacial score (nSPS) is 10.0. The summed E-state index contributed by atoms with van der Waals surface area (Å²) >= 11 is 0.